The zero-order chi connectivity index (χ0) is 14.2. The molecule has 1 aromatic rings. The zero-order valence-corrected chi connectivity index (χ0v) is 12.3. The molecule has 3 nitrogen and oxygen atoms in total. The summed E-state index contributed by atoms with van der Waals surface area (Å²) in [7, 11) is 2.17. The second-order valence-electron chi connectivity index (χ2n) is 5.45. The topological polar surface area (TPSA) is 25.4 Å². The summed E-state index contributed by atoms with van der Waals surface area (Å²) < 4.78 is 6.00. The molecule has 0 spiro atoms. The fourth-order valence-electron chi connectivity index (χ4n) is 2.64. The normalized spacial score (nSPS) is 18.9. The van der Waals surface area contributed by atoms with Gasteiger partial charge in [-0.3, -0.25) is 4.98 Å². The summed E-state index contributed by atoms with van der Waals surface area (Å²) >= 11 is 0. The van der Waals surface area contributed by atoms with Crippen LogP contribution in [0.3, 0.4) is 0 Å². The van der Waals surface area contributed by atoms with Crippen molar-refractivity contribution in [3.05, 3.63) is 24.0 Å². The Balaban J connectivity index is 1.85. The van der Waals surface area contributed by atoms with Crippen LogP contribution in [0.2, 0.25) is 0 Å². The number of aromatic nitrogens is 1. The van der Waals surface area contributed by atoms with Crippen LogP contribution in [0.5, 0.6) is 5.75 Å². The minimum Gasteiger partial charge on any atom is -0.490 e. The fraction of sp³-hybridized carbons (Fsp3) is 0.588. The number of hydrogen-bond donors (Lipinski definition) is 0. The summed E-state index contributed by atoms with van der Waals surface area (Å²) in [4.78, 5) is 6.83. The number of pyridine rings is 1. The van der Waals surface area contributed by atoms with Gasteiger partial charge in [-0.15, -0.1) is 12.3 Å². The van der Waals surface area contributed by atoms with Gasteiger partial charge in [0.1, 0.15) is 12.4 Å². The van der Waals surface area contributed by atoms with Crippen molar-refractivity contribution in [1.82, 2.24) is 9.88 Å². The molecule has 0 N–H and O–H groups in total. The van der Waals surface area contributed by atoms with Gasteiger partial charge in [0.15, 0.2) is 0 Å². The Hall–Kier alpha value is -1.53. The number of nitrogens with zero attached hydrogens (tertiary/aromatic N) is 2. The van der Waals surface area contributed by atoms with Crippen LogP contribution in [-0.2, 0) is 6.42 Å². The van der Waals surface area contributed by atoms with E-state index in [-0.39, 0.29) is 0 Å². The molecule has 2 heterocycles. The van der Waals surface area contributed by atoms with Crippen molar-refractivity contribution in [1.29, 1.82) is 0 Å². The summed E-state index contributed by atoms with van der Waals surface area (Å²) in [6.45, 7) is 1.94. The van der Waals surface area contributed by atoms with Crippen LogP contribution >= 0.6 is 0 Å². The van der Waals surface area contributed by atoms with Gasteiger partial charge in [-0.2, -0.15) is 0 Å². The lowest BCUT2D eigenvalue weighted by Gasteiger charge is -2.20. The number of unbranched alkanes of at least 4 members (excludes halogenated alkanes) is 2. The molecule has 0 bridgehead atoms. The second-order valence-corrected chi connectivity index (χ2v) is 5.45. The SMILES string of the molecule is C#CCCCCc1ncccc1OC[C@@H]1CCCN1C. The standard InChI is InChI=1S/C17H24N2O/c1-3-4-5-6-10-16-17(11-7-12-18-16)20-14-15-9-8-13-19(15)2/h1,7,11-12,15H,4-6,8-10,13-14H2,2H3/t15-/m0/s1. The molecule has 0 aromatic carbocycles. The molecule has 1 aliphatic heterocycles. The van der Waals surface area contributed by atoms with E-state index in [2.05, 4.69) is 22.9 Å². The quantitative estimate of drug-likeness (QED) is 0.564. The molecule has 1 aliphatic rings. The monoisotopic (exact) mass is 272 g/mol. The highest BCUT2D eigenvalue weighted by molar-refractivity contribution is 5.27. The number of terminal acetylenes is 1. The Bertz CT molecular complexity index is 453. The third kappa shape index (κ3) is 4.25. The van der Waals surface area contributed by atoms with Gasteiger partial charge in [0.05, 0.1) is 5.69 Å². The highest BCUT2D eigenvalue weighted by atomic mass is 16.5. The summed E-state index contributed by atoms with van der Waals surface area (Å²) in [5, 5.41) is 0. The van der Waals surface area contributed by atoms with E-state index in [1.807, 2.05) is 18.3 Å². The van der Waals surface area contributed by atoms with E-state index in [1.54, 1.807) is 0 Å². The van der Waals surface area contributed by atoms with Crippen molar-refractivity contribution < 1.29 is 4.74 Å². The molecule has 3 heteroatoms. The lowest BCUT2D eigenvalue weighted by molar-refractivity contribution is 0.196. The molecule has 108 valence electrons. The predicted molar refractivity (Wildman–Crippen MR) is 81.8 cm³/mol. The maximum atomic E-state index is 6.00. The van der Waals surface area contributed by atoms with E-state index >= 15 is 0 Å². The van der Waals surface area contributed by atoms with Crippen molar-refractivity contribution in [3.8, 4) is 18.1 Å². The van der Waals surface area contributed by atoms with Crippen LogP contribution in [0.4, 0.5) is 0 Å². The van der Waals surface area contributed by atoms with Gasteiger partial charge in [0.2, 0.25) is 0 Å². The highest BCUT2D eigenvalue weighted by Gasteiger charge is 2.21. The van der Waals surface area contributed by atoms with Gasteiger partial charge >= 0.3 is 0 Å². The Morgan fingerprint density at radius 3 is 3.15 bits per heavy atom. The van der Waals surface area contributed by atoms with Gasteiger partial charge in [-0.1, -0.05) is 0 Å². The fourth-order valence-corrected chi connectivity index (χ4v) is 2.64. The molecule has 1 fully saturated rings. The first-order chi connectivity index (χ1) is 9.81. The third-order valence-corrected chi connectivity index (χ3v) is 3.94. The maximum absolute atomic E-state index is 6.00. The number of likely N-dealkylation sites (N-methyl/N-ethyl adjacent to an activating group) is 1. The summed E-state index contributed by atoms with van der Waals surface area (Å²) in [5.41, 5.74) is 1.06. The van der Waals surface area contributed by atoms with E-state index < -0.39 is 0 Å². The average Bonchev–Trinajstić information content (AvgIpc) is 2.88. The van der Waals surface area contributed by atoms with Gasteiger partial charge in [-0.05, 0) is 57.8 Å². The van der Waals surface area contributed by atoms with Crippen molar-refractivity contribution >= 4 is 0 Å². The highest BCUT2D eigenvalue weighted by Crippen LogP contribution is 2.21. The second kappa shape index (κ2) is 7.91. The molecule has 0 amide bonds. The molecule has 0 saturated carbocycles. The first kappa shape index (κ1) is 14.9. The van der Waals surface area contributed by atoms with Crippen LogP contribution < -0.4 is 4.74 Å². The third-order valence-electron chi connectivity index (χ3n) is 3.94. The molecule has 1 aromatic heterocycles. The van der Waals surface area contributed by atoms with Crippen molar-refractivity contribution in [2.24, 2.45) is 0 Å². The molecule has 0 aliphatic carbocycles. The van der Waals surface area contributed by atoms with Gasteiger partial charge < -0.3 is 9.64 Å². The van der Waals surface area contributed by atoms with Crippen LogP contribution in [0.25, 0.3) is 0 Å². The number of ether oxygens (including phenoxy) is 1. The Morgan fingerprint density at radius 2 is 2.40 bits per heavy atom. The van der Waals surface area contributed by atoms with Gasteiger partial charge in [0.25, 0.3) is 0 Å². The van der Waals surface area contributed by atoms with E-state index in [4.69, 9.17) is 11.2 Å². The van der Waals surface area contributed by atoms with Gasteiger partial charge in [-0.25, -0.2) is 0 Å². The van der Waals surface area contributed by atoms with E-state index in [0.717, 1.165) is 43.7 Å². The van der Waals surface area contributed by atoms with Crippen molar-refractivity contribution in [3.63, 3.8) is 0 Å². The number of aryl methyl sites for hydroxylation is 1. The predicted octanol–water partition coefficient (Wildman–Crippen LogP) is 2.90. The zero-order valence-electron chi connectivity index (χ0n) is 12.3. The van der Waals surface area contributed by atoms with Crippen LogP contribution in [-0.4, -0.2) is 36.1 Å². The first-order valence-corrected chi connectivity index (χ1v) is 7.51. The molecule has 1 atom stereocenters. The maximum Gasteiger partial charge on any atom is 0.140 e. The summed E-state index contributed by atoms with van der Waals surface area (Å²) in [5.74, 6) is 3.62. The number of rotatable bonds is 7. The average molecular weight is 272 g/mol. The molecule has 2 rings (SSSR count). The summed E-state index contributed by atoms with van der Waals surface area (Å²) in [6.07, 6.45) is 13.5. The molecule has 1 saturated heterocycles. The lowest BCUT2D eigenvalue weighted by Crippen LogP contribution is -2.30. The van der Waals surface area contributed by atoms with E-state index in [1.165, 1.54) is 19.4 Å². The first-order valence-electron chi connectivity index (χ1n) is 7.51. The smallest absolute Gasteiger partial charge is 0.140 e. The minimum atomic E-state index is 0.546. The number of hydrogen-bond acceptors (Lipinski definition) is 3. The minimum absolute atomic E-state index is 0.546. The Kier molecular flexibility index (Phi) is 5.88. The molecule has 0 radical (unpaired) electrons. The Morgan fingerprint density at radius 1 is 1.50 bits per heavy atom. The molecule has 0 unspecified atom stereocenters. The van der Waals surface area contributed by atoms with E-state index in [0.29, 0.717) is 6.04 Å². The van der Waals surface area contributed by atoms with Crippen LogP contribution in [0, 0.1) is 12.3 Å². The summed E-state index contributed by atoms with van der Waals surface area (Å²) in [6, 6.07) is 4.52. The van der Waals surface area contributed by atoms with E-state index in [9.17, 15) is 0 Å². The van der Waals surface area contributed by atoms with Crippen molar-refractivity contribution in [2.45, 2.75) is 44.6 Å². The Labute approximate surface area is 122 Å². The van der Waals surface area contributed by atoms with Gasteiger partial charge in [0, 0.05) is 18.7 Å². The largest absolute Gasteiger partial charge is 0.490 e. The number of likely N-dealkylation sites (tertiary alicyclic amines) is 1. The van der Waals surface area contributed by atoms with Crippen molar-refractivity contribution in [2.75, 3.05) is 20.2 Å². The van der Waals surface area contributed by atoms with Crippen LogP contribution in [0.1, 0.15) is 37.8 Å². The van der Waals surface area contributed by atoms with Crippen LogP contribution in [0.15, 0.2) is 18.3 Å². The lowest BCUT2D eigenvalue weighted by atomic mass is 10.1. The molecular formula is C17H24N2O. The molecular weight excluding hydrogens is 248 g/mol. The molecule has 20 heavy (non-hydrogen) atoms.